The van der Waals surface area contributed by atoms with Crippen LogP contribution in [0.5, 0.6) is 0 Å². The molecule has 0 atom stereocenters. The van der Waals surface area contributed by atoms with Gasteiger partial charge in [-0.15, -0.1) is 0 Å². The van der Waals surface area contributed by atoms with Gasteiger partial charge < -0.3 is 9.13 Å². The van der Waals surface area contributed by atoms with E-state index in [1.165, 1.54) is 59.5 Å². The highest BCUT2D eigenvalue weighted by Gasteiger charge is 2.50. The summed E-state index contributed by atoms with van der Waals surface area (Å²) in [4.78, 5) is 2.55. The van der Waals surface area contributed by atoms with Gasteiger partial charge in [0.15, 0.2) is 7.14 Å². The van der Waals surface area contributed by atoms with Crippen molar-refractivity contribution in [2.45, 2.75) is 15.2 Å². The highest BCUT2D eigenvalue weighted by Crippen LogP contribution is 2.63. The van der Waals surface area contributed by atoms with Gasteiger partial charge >= 0.3 is 0 Å². The molecule has 0 amide bonds. The lowest BCUT2D eigenvalue weighted by Crippen LogP contribution is -2.32. The van der Waals surface area contributed by atoms with E-state index in [4.69, 9.17) is 0 Å². The van der Waals surface area contributed by atoms with Crippen LogP contribution < -0.4 is 15.9 Å². The van der Waals surface area contributed by atoms with Gasteiger partial charge in [0.1, 0.15) is 0 Å². The molecule has 0 unspecified atom stereocenters. The number of nitrogens with zero attached hydrogens (tertiary/aromatic N) is 1. The molecule has 0 saturated heterocycles. The Bertz CT molecular complexity index is 2860. The van der Waals surface area contributed by atoms with E-state index in [2.05, 4.69) is 138 Å². The largest absolute Gasteiger partial charge is 0.309 e. The molecular formula is C49H32NOPS. The number of para-hydroxylation sites is 1. The van der Waals surface area contributed by atoms with Gasteiger partial charge in [-0.3, -0.25) is 0 Å². The Labute approximate surface area is 312 Å². The van der Waals surface area contributed by atoms with E-state index in [1.807, 2.05) is 72.4 Å². The Morgan fingerprint density at radius 3 is 1.62 bits per heavy atom. The Balaban J connectivity index is 1.19. The number of fused-ring (bicyclic) bond motifs is 13. The molecular weight excluding hydrogens is 682 g/mol. The first kappa shape index (κ1) is 30.7. The predicted molar refractivity (Wildman–Crippen MR) is 222 cm³/mol. The van der Waals surface area contributed by atoms with Gasteiger partial charge in [-0.05, 0) is 69.8 Å². The second-order valence-corrected chi connectivity index (χ2v) is 17.7. The van der Waals surface area contributed by atoms with Crippen molar-refractivity contribution in [2.24, 2.45) is 0 Å². The summed E-state index contributed by atoms with van der Waals surface area (Å²) < 4.78 is 17.7. The summed E-state index contributed by atoms with van der Waals surface area (Å²) in [5.74, 6) is 0. The van der Waals surface area contributed by atoms with Crippen LogP contribution in [-0.2, 0) is 9.98 Å². The normalized spacial score (nSPS) is 13.8. The van der Waals surface area contributed by atoms with E-state index in [-0.39, 0.29) is 0 Å². The maximum Gasteiger partial charge on any atom is 0.171 e. The Hall–Kier alpha value is -5.86. The molecule has 0 saturated carbocycles. The molecule has 1 aliphatic heterocycles. The second-order valence-electron chi connectivity index (χ2n) is 13.9. The first-order chi connectivity index (χ1) is 26.2. The van der Waals surface area contributed by atoms with E-state index >= 15 is 4.57 Å². The van der Waals surface area contributed by atoms with Crippen LogP contribution in [0.3, 0.4) is 0 Å². The topological polar surface area (TPSA) is 22.0 Å². The Kier molecular flexibility index (Phi) is 6.71. The molecule has 1 spiro atoms. The standard InChI is InChI=1S/C49H32NOPS/c51-52(34-15-3-1-4-16-34,35-17-5-2-6-18-35)36-29-27-33(28-30-36)50-45-25-13-9-21-39(45)40-31-32-44-48(47(40)50)53-46-26-14-12-24-43(46)49(44)41-22-10-7-19-37(41)38-20-8-11-23-42(38)49/h1-32H. The lowest BCUT2D eigenvalue weighted by atomic mass is 9.67. The van der Waals surface area contributed by atoms with Crippen molar-refractivity contribution in [2.75, 3.05) is 0 Å². The fraction of sp³-hybridized carbons (Fsp3) is 0.0204. The Morgan fingerprint density at radius 2 is 0.962 bits per heavy atom. The fourth-order valence-electron chi connectivity index (χ4n) is 9.16. The molecule has 250 valence electrons. The van der Waals surface area contributed by atoms with Crippen molar-refractivity contribution >= 4 is 56.6 Å². The third-order valence-electron chi connectivity index (χ3n) is 11.4. The molecule has 0 bridgehead atoms. The maximum atomic E-state index is 15.3. The molecule has 1 aromatic heterocycles. The predicted octanol–water partition coefficient (Wildman–Crippen LogP) is 11.3. The molecule has 11 rings (SSSR count). The monoisotopic (exact) mass is 713 g/mol. The van der Waals surface area contributed by atoms with Gasteiger partial charge in [-0.25, -0.2) is 0 Å². The summed E-state index contributed by atoms with van der Waals surface area (Å²) in [7, 11) is -3.12. The molecule has 0 fully saturated rings. The highest BCUT2D eigenvalue weighted by molar-refractivity contribution is 7.99. The van der Waals surface area contributed by atoms with Gasteiger partial charge in [0.25, 0.3) is 0 Å². The first-order valence-corrected chi connectivity index (χ1v) is 20.6. The molecule has 4 heteroatoms. The minimum absolute atomic E-state index is 0.457. The Morgan fingerprint density at radius 1 is 0.434 bits per heavy atom. The summed E-state index contributed by atoms with van der Waals surface area (Å²) in [6, 6.07) is 68.7. The van der Waals surface area contributed by atoms with Gasteiger partial charge in [-0.1, -0.05) is 169 Å². The molecule has 2 nitrogen and oxygen atoms in total. The molecule has 2 aliphatic rings. The van der Waals surface area contributed by atoms with E-state index in [1.54, 1.807) is 0 Å². The van der Waals surface area contributed by atoms with Crippen LogP contribution in [0, 0.1) is 0 Å². The zero-order chi connectivity index (χ0) is 35.1. The average Bonchev–Trinajstić information content (AvgIpc) is 3.73. The summed E-state index contributed by atoms with van der Waals surface area (Å²) in [6.07, 6.45) is 0. The molecule has 8 aromatic carbocycles. The van der Waals surface area contributed by atoms with Crippen LogP contribution in [0.2, 0.25) is 0 Å². The zero-order valence-electron chi connectivity index (χ0n) is 28.7. The van der Waals surface area contributed by atoms with Crippen molar-refractivity contribution in [3.63, 3.8) is 0 Å². The van der Waals surface area contributed by atoms with Crippen molar-refractivity contribution in [3.05, 3.63) is 216 Å². The maximum absolute atomic E-state index is 15.3. The smallest absolute Gasteiger partial charge is 0.171 e. The fourth-order valence-corrected chi connectivity index (χ4v) is 13.1. The number of benzene rings is 8. The van der Waals surface area contributed by atoms with Crippen LogP contribution >= 0.6 is 18.9 Å². The lowest BCUT2D eigenvalue weighted by Gasteiger charge is -2.40. The van der Waals surface area contributed by atoms with Crippen molar-refractivity contribution in [1.29, 1.82) is 0 Å². The van der Waals surface area contributed by atoms with Gasteiger partial charge in [0.05, 0.1) is 16.4 Å². The van der Waals surface area contributed by atoms with Crippen molar-refractivity contribution in [1.82, 2.24) is 4.57 Å². The quantitative estimate of drug-likeness (QED) is 0.169. The van der Waals surface area contributed by atoms with E-state index < -0.39 is 12.6 Å². The van der Waals surface area contributed by atoms with Gasteiger partial charge in [-0.2, -0.15) is 0 Å². The minimum Gasteiger partial charge on any atom is -0.309 e. The molecule has 0 radical (unpaired) electrons. The van der Waals surface area contributed by atoms with Crippen molar-refractivity contribution < 1.29 is 4.57 Å². The SMILES string of the molecule is O=P(c1ccccc1)(c1ccccc1)c1ccc(-n2c3ccccc3c3ccc4c(c32)Sc2ccccc2C42c3ccccc3-c3ccccc32)cc1. The number of rotatable bonds is 4. The summed E-state index contributed by atoms with van der Waals surface area (Å²) >= 11 is 1.88. The summed E-state index contributed by atoms with van der Waals surface area (Å²) in [5, 5.41) is 4.94. The zero-order valence-corrected chi connectivity index (χ0v) is 30.4. The lowest BCUT2D eigenvalue weighted by molar-refractivity contribution is 0.592. The molecule has 9 aromatic rings. The summed E-state index contributed by atoms with van der Waals surface area (Å²) in [5.41, 5.74) is 10.8. The third-order valence-corrected chi connectivity index (χ3v) is 15.6. The number of hydrogen-bond donors (Lipinski definition) is 0. The van der Waals surface area contributed by atoms with Crippen LogP contribution in [0.25, 0.3) is 38.6 Å². The molecule has 2 heterocycles. The average molecular weight is 714 g/mol. The van der Waals surface area contributed by atoms with E-state index in [0.29, 0.717) is 0 Å². The highest BCUT2D eigenvalue weighted by atomic mass is 32.2. The van der Waals surface area contributed by atoms with Gasteiger partial charge in [0.2, 0.25) is 0 Å². The van der Waals surface area contributed by atoms with Crippen LogP contribution in [0.1, 0.15) is 22.3 Å². The second kappa shape index (κ2) is 11.6. The third kappa shape index (κ3) is 4.15. The van der Waals surface area contributed by atoms with Crippen LogP contribution in [0.15, 0.2) is 204 Å². The molecule has 53 heavy (non-hydrogen) atoms. The van der Waals surface area contributed by atoms with Crippen molar-refractivity contribution in [3.8, 4) is 16.8 Å². The van der Waals surface area contributed by atoms with E-state index in [0.717, 1.165) is 27.1 Å². The summed E-state index contributed by atoms with van der Waals surface area (Å²) in [6.45, 7) is 0. The van der Waals surface area contributed by atoms with Gasteiger partial charge in [0, 0.05) is 42.2 Å². The number of hydrogen-bond acceptors (Lipinski definition) is 2. The molecule has 0 N–H and O–H groups in total. The van der Waals surface area contributed by atoms with E-state index in [9.17, 15) is 0 Å². The number of aromatic nitrogens is 1. The first-order valence-electron chi connectivity index (χ1n) is 18.0. The molecule has 1 aliphatic carbocycles. The minimum atomic E-state index is -3.12. The van der Waals surface area contributed by atoms with Crippen LogP contribution in [0.4, 0.5) is 0 Å². The van der Waals surface area contributed by atoms with Crippen LogP contribution in [-0.4, -0.2) is 4.57 Å².